The molecule has 0 aromatic rings. The van der Waals surface area contributed by atoms with E-state index in [2.05, 4.69) is 5.32 Å². The fourth-order valence-corrected chi connectivity index (χ4v) is 3.09. The third-order valence-electron chi connectivity index (χ3n) is 4.78. The van der Waals surface area contributed by atoms with Crippen LogP contribution in [0.2, 0.25) is 0 Å². The van der Waals surface area contributed by atoms with Crippen LogP contribution in [0.5, 0.6) is 0 Å². The van der Waals surface area contributed by atoms with Crippen LogP contribution in [0.4, 0.5) is 4.79 Å². The summed E-state index contributed by atoms with van der Waals surface area (Å²) in [6, 6.07) is 0.268. The minimum absolute atomic E-state index is 0.0190. The first kappa shape index (κ1) is 16.1. The number of amides is 3. The summed E-state index contributed by atoms with van der Waals surface area (Å²) in [4.78, 5) is 27.2. The fraction of sp³-hybridized carbons (Fsp3) is 0.867. The molecule has 1 heterocycles. The Bertz CT molecular complexity index is 382. The van der Waals surface area contributed by atoms with E-state index in [1.165, 1.54) is 0 Å². The topological polar surface area (TPSA) is 61.9 Å². The molecule has 2 rings (SSSR count). The Kier molecular flexibility index (Phi) is 5.45. The summed E-state index contributed by atoms with van der Waals surface area (Å²) in [7, 11) is 3.55. The average molecular weight is 297 g/mol. The van der Waals surface area contributed by atoms with Crippen molar-refractivity contribution in [2.45, 2.75) is 44.8 Å². The zero-order valence-corrected chi connectivity index (χ0v) is 13.3. The predicted octanol–water partition coefficient (Wildman–Crippen LogP) is 1.06. The van der Waals surface area contributed by atoms with E-state index in [-0.39, 0.29) is 18.0 Å². The molecule has 0 aromatic carbocycles. The van der Waals surface area contributed by atoms with Crippen LogP contribution < -0.4 is 5.32 Å². The number of carbonyl (C=O) groups is 2. The second-order valence-electron chi connectivity index (χ2n) is 6.25. The van der Waals surface area contributed by atoms with Crippen LogP contribution in [0.25, 0.3) is 0 Å². The first-order chi connectivity index (χ1) is 10.0. The molecule has 1 aliphatic carbocycles. The lowest BCUT2D eigenvalue weighted by atomic mass is 9.88. The Hall–Kier alpha value is -1.30. The molecule has 0 spiro atoms. The molecule has 3 amide bonds. The maximum absolute atomic E-state index is 12.1. The first-order valence-electron chi connectivity index (χ1n) is 7.80. The summed E-state index contributed by atoms with van der Waals surface area (Å²) >= 11 is 0. The van der Waals surface area contributed by atoms with E-state index in [0.717, 1.165) is 38.8 Å². The molecular weight excluding hydrogens is 270 g/mol. The molecular formula is C15H27N3O3. The van der Waals surface area contributed by atoms with Crippen LogP contribution >= 0.6 is 0 Å². The minimum Gasteiger partial charge on any atom is -0.381 e. The Labute approximate surface area is 126 Å². The van der Waals surface area contributed by atoms with Crippen molar-refractivity contribution >= 4 is 11.9 Å². The van der Waals surface area contributed by atoms with E-state index in [1.54, 1.807) is 18.9 Å². The number of hydrogen-bond acceptors (Lipinski definition) is 3. The molecule has 0 aromatic heterocycles. The third-order valence-corrected chi connectivity index (χ3v) is 4.78. The summed E-state index contributed by atoms with van der Waals surface area (Å²) < 4.78 is 5.24. The highest BCUT2D eigenvalue weighted by molar-refractivity contribution is 5.74. The number of ether oxygens (including phenoxy) is 1. The van der Waals surface area contributed by atoms with E-state index in [9.17, 15) is 9.59 Å². The quantitative estimate of drug-likeness (QED) is 0.844. The lowest BCUT2D eigenvalue weighted by Gasteiger charge is -2.40. The maximum atomic E-state index is 12.1. The second-order valence-corrected chi connectivity index (χ2v) is 6.25. The number of nitrogens with zero attached hydrogens (tertiary/aromatic N) is 2. The van der Waals surface area contributed by atoms with Gasteiger partial charge in [0.1, 0.15) is 0 Å². The molecule has 6 heteroatoms. The van der Waals surface area contributed by atoms with Gasteiger partial charge in [0.15, 0.2) is 0 Å². The molecule has 1 N–H and O–H groups in total. The molecule has 1 atom stereocenters. The zero-order chi connectivity index (χ0) is 15.4. The number of nitrogens with one attached hydrogen (secondary N) is 1. The van der Waals surface area contributed by atoms with Gasteiger partial charge in [0.05, 0.1) is 6.10 Å². The van der Waals surface area contributed by atoms with Crippen molar-refractivity contribution in [1.82, 2.24) is 15.1 Å². The highest BCUT2D eigenvalue weighted by Crippen LogP contribution is 2.27. The van der Waals surface area contributed by atoms with E-state index < -0.39 is 0 Å². The third kappa shape index (κ3) is 4.09. The molecule has 1 aliphatic heterocycles. The van der Waals surface area contributed by atoms with Crippen molar-refractivity contribution in [2.24, 2.45) is 5.92 Å². The predicted molar refractivity (Wildman–Crippen MR) is 80.0 cm³/mol. The molecule has 21 heavy (non-hydrogen) atoms. The van der Waals surface area contributed by atoms with E-state index in [0.29, 0.717) is 18.6 Å². The molecule has 0 radical (unpaired) electrons. The smallest absolute Gasteiger partial charge is 0.317 e. The van der Waals surface area contributed by atoms with Gasteiger partial charge in [-0.15, -0.1) is 0 Å². The molecule has 6 nitrogen and oxygen atoms in total. The standard InChI is InChI=1S/C15H27N3O3/c1-11(19)18-6-4-5-12(10-18)9-16-15(20)17(2)13-7-14(8-13)21-3/h12-14H,4-10H2,1-3H3,(H,16,20). The van der Waals surface area contributed by atoms with Crippen molar-refractivity contribution in [3.8, 4) is 0 Å². The molecule has 0 bridgehead atoms. The summed E-state index contributed by atoms with van der Waals surface area (Å²) in [5.74, 6) is 0.497. The summed E-state index contributed by atoms with van der Waals surface area (Å²) in [5.41, 5.74) is 0. The van der Waals surface area contributed by atoms with Crippen LogP contribution in [0.3, 0.4) is 0 Å². The highest BCUT2D eigenvalue weighted by Gasteiger charge is 2.34. The van der Waals surface area contributed by atoms with Gasteiger partial charge in [-0.05, 0) is 31.6 Å². The number of piperidine rings is 1. The molecule has 2 aliphatic rings. The van der Waals surface area contributed by atoms with Gasteiger partial charge in [-0.3, -0.25) is 4.79 Å². The van der Waals surface area contributed by atoms with Crippen LogP contribution in [-0.2, 0) is 9.53 Å². The number of urea groups is 1. The maximum Gasteiger partial charge on any atom is 0.317 e. The molecule has 1 saturated carbocycles. The van der Waals surface area contributed by atoms with Gasteiger partial charge >= 0.3 is 6.03 Å². The lowest BCUT2D eigenvalue weighted by Crippen LogP contribution is -2.52. The zero-order valence-electron chi connectivity index (χ0n) is 13.3. The van der Waals surface area contributed by atoms with Crippen molar-refractivity contribution in [3.05, 3.63) is 0 Å². The highest BCUT2D eigenvalue weighted by atomic mass is 16.5. The average Bonchev–Trinajstić information content (AvgIpc) is 2.43. The van der Waals surface area contributed by atoms with Crippen molar-refractivity contribution in [1.29, 1.82) is 0 Å². The van der Waals surface area contributed by atoms with Crippen LogP contribution in [-0.4, -0.2) is 67.7 Å². The second kappa shape index (κ2) is 7.11. The number of rotatable bonds is 4. The van der Waals surface area contributed by atoms with Gasteiger partial charge in [0.2, 0.25) is 5.91 Å². The van der Waals surface area contributed by atoms with E-state index in [4.69, 9.17) is 4.74 Å². The SMILES string of the molecule is COC1CC(N(C)C(=O)NCC2CCCN(C(C)=O)C2)C1. The first-order valence-corrected chi connectivity index (χ1v) is 7.80. The van der Waals surface area contributed by atoms with Crippen molar-refractivity contribution in [3.63, 3.8) is 0 Å². The number of carbonyl (C=O) groups excluding carboxylic acids is 2. The Balaban J connectivity index is 1.70. The van der Waals surface area contributed by atoms with Gasteiger partial charge in [0, 0.05) is 46.8 Å². The van der Waals surface area contributed by atoms with Gasteiger partial charge < -0.3 is 19.9 Å². The van der Waals surface area contributed by atoms with Gasteiger partial charge in [-0.2, -0.15) is 0 Å². The molecule has 2 fully saturated rings. The Morgan fingerprint density at radius 1 is 1.38 bits per heavy atom. The monoisotopic (exact) mass is 297 g/mol. The van der Waals surface area contributed by atoms with Crippen molar-refractivity contribution in [2.75, 3.05) is 33.8 Å². The van der Waals surface area contributed by atoms with Crippen LogP contribution in [0.15, 0.2) is 0 Å². The molecule has 1 unspecified atom stereocenters. The largest absolute Gasteiger partial charge is 0.381 e. The molecule has 1 saturated heterocycles. The lowest BCUT2D eigenvalue weighted by molar-refractivity contribution is -0.130. The Morgan fingerprint density at radius 2 is 2.10 bits per heavy atom. The van der Waals surface area contributed by atoms with Crippen molar-refractivity contribution < 1.29 is 14.3 Å². The van der Waals surface area contributed by atoms with Gasteiger partial charge in [-0.1, -0.05) is 0 Å². The van der Waals surface area contributed by atoms with Gasteiger partial charge in [0.25, 0.3) is 0 Å². The fourth-order valence-electron chi connectivity index (χ4n) is 3.09. The normalized spacial score (nSPS) is 28.7. The van der Waals surface area contributed by atoms with E-state index >= 15 is 0 Å². The number of methoxy groups -OCH3 is 1. The van der Waals surface area contributed by atoms with Crippen LogP contribution in [0, 0.1) is 5.92 Å². The number of hydrogen-bond donors (Lipinski definition) is 1. The van der Waals surface area contributed by atoms with E-state index in [1.807, 2.05) is 11.9 Å². The summed E-state index contributed by atoms with van der Waals surface area (Å²) in [5, 5.41) is 3.00. The summed E-state index contributed by atoms with van der Waals surface area (Å²) in [6.45, 7) is 3.86. The van der Waals surface area contributed by atoms with Gasteiger partial charge in [-0.25, -0.2) is 4.79 Å². The molecule has 120 valence electrons. The number of likely N-dealkylation sites (tertiary alicyclic amines) is 1. The minimum atomic E-state index is -0.0190. The van der Waals surface area contributed by atoms with Crippen LogP contribution in [0.1, 0.15) is 32.6 Å². The Morgan fingerprint density at radius 3 is 2.71 bits per heavy atom. The summed E-state index contributed by atoms with van der Waals surface area (Å²) in [6.07, 6.45) is 4.23.